The molecule has 152 valence electrons. The predicted molar refractivity (Wildman–Crippen MR) is 73.6 cm³/mol. The first-order valence-corrected chi connectivity index (χ1v) is 6.76. The lowest BCUT2D eigenvalue weighted by molar-refractivity contribution is -0.266. The topological polar surface area (TPSA) is 52.6 Å². The van der Waals surface area contributed by atoms with Gasteiger partial charge in [0.2, 0.25) is 0 Å². The third-order valence-corrected chi connectivity index (χ3v) is 2.43. The maximum absolute atomic E-state index is 12.3. The fourth-order valence-electron chi connectivity index (χ4n) is 0.781. The van der Waals surface area contributed by atoms with Gasteiger partial charge in [-0.2, -0.15) is 35.1 Å². The van der Waals surface area contributed by atoms with Gasteiger partial charge in [0.25, 0.3) is 11.6 Å². The zero-order valence-electron chi connectivity index (χ0n) is 12.8. The highest BCUT2D eigenvalue weighted by Crippen LogP contribution is 2.38. The molecule has 0 amide bonds. The van der Waals surface area contributed by atoms with Gasteiger partial charge >= 0.3 is 18.3 Å². The highest BCUT2D eigenvalue weighted by Gasteiger charge is 2.63. The predicted octanol–water partition coefficient (Wildman–Crippen LogP) is 4.71. The van der Waals surface area contributed by atoms with Crippen LogP contribution in [-0.4, -0.2) is 43.6 Å². The SMILES string of the molecule is CCO/C=C(\Cl)C(=O)C(F)(F)C(F)(F)F.CO/C=C(\Cl)C(=O)C(F)(F)F. The lowest BCUT2D eigenvalue weighted by Gasteiger charge is -2.17. The van der Waals surface area contributed by atoms with E-state index in [2.05, 4.69) is 9.47 Å². The molecule has 0 radical (unpaired) electrons. The molecule has 26 heavy (non-hydrogen) atoms. The Morgan fingerprint density at radius 3 is 1.62 bits per heavy atom. The average molecular weight is 441 g/mol. The van der Waals surface area contributed by atoms with Crippen molar-refractivity contribution in [2.75, 3.05) is 13.7 Å². The smallest absolute Gasteiger partial charge is 0.461 e. The number of hydrogen-bond acceptors (Lipinski definition) is 4. The molecule has 0 spiro atoms. The van der Waals surface area contributed by atoms with E-state index in [0.29, 0.717) is 12.5 Å². The van der Waals surface area contributed by atoms with E-state index in [1.54, 1.807) is 0 Å². The minimum atomic E-state index is -5.97. The van der Waals surface area contributed by atoms with Gasteiger partial charge in [0.15, 0.2) is 0 Å². The molecule has 0 saturated heterocycles. The first-order valence-electron chi connectivity index (χ1n) is 6.00. The average Bonchev–Trinajstić information content (AvgIpc) is 2.49. The number of ether oxygens (including phenoxy) is 2. The summed E-state index contributed by atoms with van der Waals surface area (Å²) in [5.74, 6) is -10.1. The highest BCUT2D eigenvalue weighted by molar-refractivity contribution is 6.43. The number of allylic oxidation sites excluding steroid dienone is 2. The zero-order chi connectivity index (χ0) is 21.3. The Labute approximate surface area is 151 Å². The largest absolute Gasteiger partial charge is 0.503 e. The summed E-state index contributed by atoms with van der Waals surface area (Å²) >= 11 is 9.79. The molecule has 4 nitrogen and oxygen atoms in total. The Morgan fingerprint density at radius 1 is 0.885 bits per heavy atom. The fourth-order valence-corrected chi connectivity index (χ4v) is 1.16. The highest BCUT2D eigenvalue weighted by atomic mass is 35.5. The van der Waals surface area contributed by atoms with Crippen LogP contribution < -0.4 is 0 Å². The second-order valence-electron chi connectivity index (χ2n) is 3.85. The van der Waals surface area contributed by atoms with E-state index in [4.69, 9.17) is 23.2 Å². The molecule has 0 aliphatic rings. The summed E-state index contributed by atoms with van der Waals surface area (Å²) < 4.78 is 103. The molecular formula is C12H10Cl2F8O4. The lowest BCUT2D eigenvalue weighted by Crippen LogP contribution is -2.44. The standard InChI is InChI=1S/C7H6ClF5O2.C5H4ClF3O2/c1-2-15-3-4(8)5(14)6(9,10)7(11,12)13;1-11-2-3(6)4(10)5(7,8)9/h3H,2H2,1H3;2H,1H3/b4-3-;3-2-. The minimum Gasteiger partial charge on any atom is -0.503 e. The van der Waals surface area contributed by atoms with Gasteiger partial charge in [-0.3, -0.25) is 9.59 Å². The van der Waals surface area contributed by atoms with Crippen LogP contribution in [0.5, 0.6) is 0 Å². The van der Waals surface area contributed by atoms with Gasteiger partial charge in [-0.05, 0) is 6.92 Å². The molecule has 0 rings (SSSR count). The van der Waals surface area contributed by atoms with E-state index in [1.807, 2.05) is 0 Å². The Balaban J connectivity index is 0. The van der Waals surface area contributed by atoms with Crippen molar-refractivity contribution >= 4 is 34.8 Å². The van der Waals surface area contributed by atoms with Crippen molar-refractivity contribution in [1.82, 2.24) is 0 Å². The van der Waals surface area contributed by atoms with Crippen LogP contribution in [-0.2, 0) is 19.1 Å². The third-order valence-electron chi connectivity index (χ3n) is 1.91. The van der Waals surface area contributed by atoms with E-state index >= 15 is 0 Å². The quantitative estimate of drug-likeness (QED) is 0.341. The maximum atomic E-state index is 12.3. The first kappa shape index (κ1) is 26.7. The van der Waals surface area contributed by atoms with E-state index < -0.39 is 39.9 Å². The summed E-state index contributed by atoms with van der Waals surface area (Å²) in [4.78, 5) is 20.7. The molecule has 0 atom stereocenters. The van der Waals surface area contributed by atoms with Crippen molar-refractivity contribution < 1.29 is 54.2 Å². The van der Waals surface area contributed by atoms with Crippen LogP contribution in [0.15, 0.2) is 22.6 Å². The number of alkyl halides is 8. The number of Topliss-reactive ketones (excluding diaryl/α,β-unsaturated/α-hetero) is 2. The van der Waals surface area contributed by atoms with Gasteiger partial charge in [0.05, 0.1) is 13.7 Å². The monoisotopic (exact) mass is 440 g/mol. The summed E-state index contributed by atoms with van der Waals surface area (Å²) in [5.41, 5.74) is 0. The lowest BCUT2D eigenvalue weighted by atomic mass is 10.2. The van der Waals surface area contributed by atoms with E-state index in [1.165, 1.54) is 6.92 Å². The van der Waals surface area contributed by atoms with Crippen LogP contribution in [0.25, 0.3) is 0 Å². The fraction of sp³-hybridized carbons (Fsp3) is 0.500. The van der Waals surface area contributed by atoms with Crippen molar-refractivity contribution in [1.29, 1.82) is 0 Å². The molecule has 14 heteroatoms. The normalized spacial score (nSPS) is 13.5. The molecule has 0 aromatic rings. The van der Waals surface area contributed by atoms with E-state index in [0.717, 1.165) is 7.11 Å². The molecule has 0 heterocycles. The molecule has 0 aromatic heterocycles. The summed E-state index contributed by atoms with van der Waals surface area (Å²) in [6, 6.07) is 0. The van der Waals surface area contributed by atoms with Crippen LogP contribution in [0, 0.1) is 0 Å². The summed E-state index contributed by atoms with van der Waals surface area (Å²) in [5, 5.41) is -2.29. The summed E-state index contributed by atoms with van der Waals surface area (Å²) in [7, 11) is 1.09. The molecule has 0 unspecified atom stereocenters. The van der Waals surface area contributed by atoms with Crippen LogP contribution in [0.1, 0.15) is 6.92 Å². The summed E-state index contributed by atoms with van der Waals surface area (Å²) in [6.07, 6.45) is -10.0. The molecule has 0 fully saturated rings. The van der Waals surface area contributed by atoms with Gasteiger partial charge < -0.3 is 9.47 Å². The van der Waals surface area contributed by atoms with Crippen LogP contribution in [0.3, 0.4) is 0 Å². The number of ketones is 2. The number of carbonyl (C=O) groups excluding carboxylic acids is 2. The number of halogens is 10. The van der Waals surface area contributed by atoms with Crippen LogP contribution >= 0.6 is 23.2 Å². The van der Waals surface area contributed by atoms with Gasteiger partial charge in [0, 0.05) is 0 Å². The Hall–Kier alpha value is -1.56. The number of carbonyl (C=O) groups is 2. The van der Waals surface area contributed by atoms with E-state index in [-0.39, 0.29) is 6.61 Å². The van der Waals surface area contributed by atoms with Crippen LogP contribution in [0.4, 0.5) is 35.1 Å². The number of rotatable bonds is 6. The number of hydrogen-bond donors (Lipinski definition) is 0. The zero-order valence-corrected chi connectivity index (χ0v) is 14.3. The second kappa shape index (κ2) is 10.6. The third kappa shape index (κ3) is 8.70. The van der Waals surface area contributed by atoms with Crippen molar-refractivity contribution in [3.63, 3.8) is 0 Å². The van der Waals surface area contributed by atoms with E-state index in [9.17, 15) is 44.7 Å². The van der Waals surface area contributed by atoms with Gasteiger partial charge in [-0.25, -0.2) is 0 Å². The number of methoxy groups -OCH3 is 1. The molecule has 0 saturated carbocycles. The van der Waals surface area contributed by atoms with Crippen molar-refractivity contribution in [2.24, 2.45) is 0 Å². The minimum absolute atomic E-state index is 0.0128. The molecule has 0 bridgehead atoms. The Morgan fingerprint density at radius 2 is 1.31 bits per heavy atom. The maximum Gasteiger partial charge on any atom is 0.461 e. The molecule has 0 aliphatic heterocycles. The van der Waals surface area contributed by atoms with Crippen molar-refractivity contribution in [3.8, 4) is 0 Å². The Bertz CT molecular complexity index is 552. The Kier molecular flexibility index (Phi) is 10.8. The van der Waals surface area contributed by atoms with Gasteiger partial charge in [-0.1, -0.05) is 23.2 Å². The van der Waals surface area contributed by atoms with Crippen molar-refractivity contribution in [2.45, 2.75) is 25.2 Å². The second-order valence-corrected chi connectivity index (χ2v) is 4.67. The van der Waals surface area contributed by atoms with Crippen molar-refractivity contribution in [3.05, 3.63) is 22.6 Å². The van der Waals surface area contributed by atoms with Crippen LogP contribution in [0.2, 0.25) is 0 Å². The van der Waals surface area contributed by atoms with Gasteiger partial charge in [0.1, 0.15) is 22.6 Å². The molecule has 0 aliphatic carbocycles. The first-order chi connectivity index (χ1) is 11.5. The van der Waals surface area contributed by atoms with Gasteiger partial charge in [-0.15, -0.1) is 0 Å². The molecule has 0 N–H and O–H groups in total. The molecular weight excluding hydrogens is 431 g/mol. The molecule has 0 aromatic carbocycles. The summed E-state index contributed by atoms with van der Waals surface area (Å²) in [6.45, 7) is 1.42.